The van der Waals surface area contributed by atoms with Gasteiger partial charge < -0.3 is 9.84 Å². The van der Waals surface area contributed by atoms with Gasteiger partial charge in [0.15, 0.2) is 0 Å². The Kier molecular flexibility index (Phi) is 4.34. The standard InChI is InChI=1S/C9H7BrO3.K.H/c10-7-3-1-2-6(4-7)9(5-13-9)8(11)12;;/h1-4H,5H2,(H,11,12);;. The third kappa shape index (κ3) is 2.29. The van der Waals surface area contributed by atoms with E-state index in [0.717, 1.165) is 4.47 Å². The number of halogens is 1. The SMILES string of the molecule is O=C(O)C1(c2cccc(Br)c2)CO1.[KH]. The summed E-state index contributed by atoms with van der Waals surface area (Å²) < 4.78 is 5.84. The molecule has 1 aromatic carbocycles. The summed E-state index contributed by atoms with van der Waals surface area (Å²) in [6, 6.07) is 7.17. The molecular weight excluding hydrogens is 275 g/mol. The maximum atomic E-state index is 10.9. The van der Waals surface area contributed by atoms with Gasteiger partial charge in [-0.1, -0.05) is 28.1 Å². The molecular formula is C9H8BrKO3. The van der Waals surface area contributed by atoms with E-state index in [1.807, 2.05) is 6.07 Å². The van der Waals surface area contributed by atoms with Crippen molar-refractivity contribution in [2.75, 3.05) is 6.61 Å². The van der Waals surface area contributed by atoms with Crippen molar-refractivity contribution in [2.24, 2.45) is 0 Å². The Bertz CT molecular complexity index is 363. The van der Waals surface area contributed by atoms with E-state index in [9.17, 15) is 4.79 Å². The van der Waals surface area contributed by atoms with Crippen LogP contribution in [0.1, 0.15) is 5.56 Å². The fourth-order valence-corrected chi connectivity index (χ4v) is 1.62. The molecule has 0 aromatic heterocycles. The van der Waals surface area contributed by atoms with Crippen LogP contribution < -0.4 is 0 Å². The van der Waals surface area contributed by atoms with Gasteiger partial charge in [0.1, 0.15) is 0 Å². The van der Waals surface area contributed by atoms with Crippen molar-refractivity contribution in [3.63, 3.8) is 0 Å². The molecule has 0 saturated carbocycles. The van der Waals surface area contributed by atoms with E-state index >= 15 is 0 Å². The van der Waals surface area contributed by atoms with Gasteiger partial charge in [-0.05, 0) is 17.7 Å². The number of carboxylic acid groups (broad SMARTS) is 1. The van der Waals surface area contributed by atoms with Gasteiger partial charge in [0.05, 0.1) is 6.61 Å². The molecule has 3 nitrogen and oxygen atoms in total. The number of aliphatic carboxylic acids is 1. The number of epoxide rings is 1. The van der Waals surface area contributed by atoms with E-state index in [1.165, 1.54) is 0 Å². The number of rotatable bonds is 2. The van der Waals surface area contributed by atoms with Gasteiger partial charge in [0.25, 0.3) is 0 Å². The van der Waals surface area contributed by atoms with E-state index in [1.54, 1.807) is 18.2 Å². The van der Waals surface area contributed by atoms with Crippen LogP contribution in [0.15, 0.2) is 28.7 Å². The van der Waals surface area contributed by atoms with Crippen LogP contribution in [-0.4, -0.2) is 69.1 Å². The van der Waals surface area contributed by atoms with E-state index in [0.29, 0.717) is 5.56 Å². The maximum absolute atomic E-state index is 10.9. The van der Waals surface area contributed by atoms with Gasteiger partial charge in [-0.15, -0.1) is 0 Å². The molecule has 0 bridgehead atoms. The summed E-state index contributed by atoms with van der Waals surface area (Å²) in [5, 5.41) is 8.91. The van der Waals surface area contributed by atoms with Crippen LogP contribution in [0.4, 0.5) is 0 Å². The van der Waals surface area contributed by atoms with E-state index in [4.69, 9.17) is 9.84 Å². The van der Waals surface area contributed by atoms with E-state index in [-0.39, 0.29) is 58.0 Å². The molecule has 2 rings (SSSR count). The molecule has 5 heteroatoms. The molecule has 1 heterocycles. The second kappa shape index (κ2) is 4.74. The van der Waals surface area contributed by atoms with Gasteiger partial charge in [0.2, 0.25) is 5.60 Å². The number of carboxylic acids is 1. The number of carbonyl (C=O) groups is 1. The first-order valence-corrected chi connectivity index (χ1v) is 4.58. The molecule has 0 aliphatic carbocycles. The third-order valence-corrected chi connectivity index (χ3v) is 2.56. The van der Waals surface area contributed by atoms with Crippen molar-refractivity contribution in [1.29, 1.82) is 0 Å². The first-order chi connectivity index (χ1) is 6.15. The van der Waals surface area contributed by atoms with Gasteiger partial charge in [-0.25, -0.2) is 4.79 Å². The summed E-state index contributed by atoms with van der Waals surface area (Å²) in [6.07, 6.45) is 0. The van der Waals surface area contributed by atoms with Gasteiger partial charge in [-0.3, -0.25) is 0 Å². The van der Waals surface area contributed by atoms with Gasteiger partial charge >= 0.3 is 57.4 Å². The molecule has 70 valence electrons. The molecule has 0 radical (unpaired) electrons. The summed E-state index contributed by atoms with van der Waals surface area (Å²) in [6.45, 7) is 0.263. The quantitative estimate of drug-likeness (QED) is 0.653. The van der Waals surface area contributed by atoms with Crippen LogP contribution in [-0.2, 0) is 15.1 Å². The fourth-order valence-electron chi connectivity index (χ4n) is 1.23. The molecule has 1 saturated heterocycles. The van der Waals surface area contributed by atoms with Gasteiger partial charge in [0, 0.05) is 4.47 Å². The topological polar surface area (TPSA) is 49.8 Å². The summed E-state index contributed by atoms with van der Waals surface area (Å²) in [7, 11) is 0. The number of hydrogen-bond acceptors (Lipinski definition) is 2. The van der Waals surface area contributed by atoms with Crippen molar-refractivity contribution >= 4 is 73.3 Å². The summed E-state index contributed by atoms with van der Waals surface area (Å²) in [5.41, 5.74) is -0.390. The molecule has 1 atom stereocenters. The molecule has 0 amide bonds. The Labute approximate surface area is 132 Å². The predicted octanol–water partition coefficient (Wildman–Crippen LogP) is 1.11. The van der Waals surface area contributed by atoms with Crippen molar-refractivity contribution in [1.82, 2.24) is 0 Å². The molecule has 1 aromatic rings. The Morgan fingerprint density at radius 2 is 2.21 bits per heavy atom. The number of hydrogen-bond donors (Lipinski definition) is 1. The summed E-state index contributed by atoms with van der Waals surface area (Å²) in [5.74, 6) is -0.925. The predicted molar refractivity (Wildman–Crippen MR) is 56.6 cm³/mol. The first kappa shape index (κ1) is 12.8. The van der Waals surface area contributed by atoms with Crippen molar-refractivity contribution in [3.8, 4) is 0 Å². The van der Waals surface area contributed by atoms with E-state index in [2.05, 4.69) is 15.9 Å². The monoisotopic (exact) mass is 282 g/mol. The molecule has 14 heavy (non-hydrogen) atoms. The molecule has 1 unspecified atom stereocenters. The number of benzene rings is 1. The van der Waals surface area contributed by atoms with Gasteiger partial charge in [-0.2, -0.15) is 0 Å². The Morgan fingerprint density at radius 1 is 1.57 bits per heavy atom. The van der Waals surface area contributed by atoms with Crippen LogP contribution in [0, 0.1) is 0 Å². The number of ether oxygens (including phenoxy) is 1. The molecule has 1 aliphatic heterocycles. The Balaban J connectivity index is 0.000000980. The second-order valence-electron chi connectivity index (χ2n) is 2.93. The van der Waals surface area contributed by atoms with Crippen LogP contribution in [0.3, 0.4) is 0 Å². The average molecular weight is 283 g/mol. The van der Waals surface area contributed by atoms with Crippen molar-refractivity contribution < 1.29 is 14.6 Å². The normalized spacial score (nSPS) is 23.8. The second-order valence-corrected chi connectivity index (χ2v) is 3.85. The first-order valence-electron chi connectivity index (χ1n) is 3.78. The zero-order valence-corrected chi connectivity index (χ0v) is 8.24. The van der Waals surface area contributed by atoms with Crippen LogP contribution in [0.25, 0.3) is 0 Å². The molecule has 1 aliphatic rings. The van der Waals surface area contributed by atoms with Crippen LogP contribution >= 0.6 is 15.9 Å². The molecule has 0 spiro atoms. The molecule has 1 fully saturated rings. The van der Waals surface area contributed by atoms with Crippen LogP contribution in [0.2, 0.25) is 0 Å². The summed E-state index contributed by atoms with van der Waals surface area (Å²) >= 11 is 3.28. The third-order valence-electron chi connectivity index (χ3n) is 2.07. The fraction of sp³-hybridized carbons (Fsp3) is 0.222. The van der Waals surface area contributed by atoms with Crippen LogP contribution in [0.5, 0.6) is 0 Å². The van der Waals surface area contributed by atoms with Crippen molar-refractivity contribution in [2.45, 2.75) is 5.60 Å². The zero-order valence-electron chi connectivity index (χ0n) is 6.66. The average Bonchev–Trinajstić information content (AvgIpc) is 2.83. The Hall–Kier alpha value is 0.766. The van der Waals surface area contributed by atoms with Crippen molar-refractivity contribution in [3.05, 3.63) is 34.3 Å². The minimum atomic E-state index is -1.08. The Morgan fingerprint density at radius 3 is 2.64 bits per heavy atom. The molecule has 1 N–H and O–H groups in total. The zero-order chi connectivity index (χ0) is 9.47. The summed E-state index contributed by atoms with van der Waals surface area (Å²) in [4.78, 5) is 10.9. The minimum absolute atomic E-state index is 0. The van der Waals surface area contributed by atoms with E-state index < -0.39 is 11.6 Å².